The lowest BCUT2D eigenvalue weighted by atomic mass is 10.1. The molecule has 4 aliphatic rings. The van der Waals surface area contributed by atoms with Gasteiger partial charge in [-0.1, -0.05) is 0 Å². The van der Waals surface area contributed by atoms with Crippen molar-refractivity contribution < 1.29 is 0 Å². The summed E-state index contributed by atoms with van der Waals surface area (Å²) in [4.78, 5) is 2.87. The Morgan fingerprint density at radius 3 is 2.24 bits per heavy atom. The lowest BCUT2D eigenvalue weighted by Crippen LogP contribution is -2.37. The fourth-order valence-corrected chi connectivity index (χ4v) is 3.78. The van der Waals surface area contributed by atoms with Gasteiger partial charge in [0, 0.05) is 18.6 Å². The highest BCUT2D eigenvalue weighted by molar-refractivity contribution is 4.99. The Bertz CT molecular complexity index is 267. The van der Waals surface area contributed by atoms with Gasteiger partial charge in [0.2, 0.25) is 0 Å². The molecule has 0 aromatic heterocycles. The quantitative estimate of drug-likeness (QED) is 0.758. The van der Waals surface area contributed by atoms with Gasteiger partial charge in [-0.2, -0.15) is 0 Å². The Morgan fingerprint density at radius 1 is 0.941 bits per heavy atom. The van der Waals surface area contributed by atoms with E-state index in [1.54, 1.807) is 0 Å². The first kappa shape index (κ1) is 10.8. The number of nitrogens with zero attached hydrogens (tertiary/aromatic N) is 1. The smallest absolute Gasteiger partial charge is 0.0152 e. The van der Waals surface area contributed by atoms with Crippen LogP contribution in [0.1, 0.15) is 44.9 Å². The van der Waals surface area contributed by atoms with Gasteiger partial charge >= 0.3 is 0 Å². The highest BCUT2D eigenvalue weighted by Crippen LogP contribution is 2.48. The van der Waals surface area contributed by atoms with Crippen LogP contribution in [0, 0.1) is 17.8 Å². The predicted molar refractivity (Wildman–Crippen MR) is 69.9 cm³/mol. The van der Waals surface area contributed by atoms with Crippen LogP contribution >= 0.6 is 0 Å². The van der Waals surface area contributed by atoms with Crippen molar-refractivity contribution in [3.63, 3.8) is 0 Å². The van der Waals surface area contributed by atoms with Crippen molar-refractivity contribution >= 4 is 0 Å². The second-order valence-electron chi connectivity index (χ2n) is 7.00. The Kier molecular flexibility index (Phi) is 2.69. The van der Waals surface area contributed by atoms with Gasteiger partial charge in [0.25, 0.3) is 0 Å². The first-order valence-corrected chi connectivity index (χ1v) is 7.87. The van der Waals surface area contributed by atoms with Crippen LogP contribution < -0.4 is 5.32 Å². The molecule has 0 aromatic carbocycles. The molecule has 1 aliphatic heterocycles. The second-order valence-corrected chi connectivity index (χ2v) is 7.00. The maximum atomic E-state index is 3.72. The van der Waals surface area contributed by atoms with E-state index in [2.05, 4.69) is 10.2 Å². The molecule has 0 amide bonds. The highest BCUT2D eigenvalue weighted by atomic mass is 15.2. The molecule has 0 aromatic rings. The van der Waals surface area contributed by atoms with Gasteiger partial charge in [-0.3, -0.25) is 4.90 Å². The molecule has 1 N–H and O–H groups in total. The average Bonchev–Trinajstić information content (AvgIpc) is 3.18. The van der Waals surface area contributed by atoms with Crippen LogP contribution in [-0.2, 0) is 0 Å². The molecule has 1 atom stereocenters. The van der Waals surface area contributed by atoms with Gasteiger partial charge in [0.1, 0.15) is 0 Å². The molecule has 3 aliphatic carbocycles. The van der Waals surface area contributed by atoms with Crippen LogP contribution in [0.15, 0.2) is 0 Å². The largest absolute Gasteiger partial charge is 0.314 e. The first-order chi connectivity index (χ1) is 8.40. The summed E-state index contributed by atoms with van der Waals surface area (Å²) >= 11 is 0. The summed E-state index contributed by atoms with van der Waals surface area (Å²) in [6.45, 7) is 4.09. The molecule has 1 saturated heterocycles. The number of rotatable bonds is 6. The van der Waals surface area contributed by atoms with Crippen molar-refractivity contribution in [2.45, 2.75) is 57.0 Å². The molecule has 2 heteroatoms. The zero-order valence-corrected chi connectivity index (χ0v) is 10.9. The fourth-order valence-electron chi connectivity index (χ4n) is 3.78. The van der Waals surface area contributed by atoms with Gasteiger partial charge in [-0.05, 0) is 75.8 Å². The Hall–Kier alpha value is -0.0800. The lowest BCUT2D eigenvalue weighted by molar-refractivity contribution is 0.187. The van der Waals surface area contributed by atoms with E-state index in [1.807, 2.05) is 0 Å². The molecule has 0 radical (unpaired) electrons. The van der Waals surface area contributed by atoms with E-state index in [0.29, 0.717) is 0 Å². The van der Waals surface area contributed by atoms with Crippen molar-refractivity contribution in [3.8, 4) is 0 Å². The van der Waals surface area contributed by atoms with Gasteiger partial charge < -0.3 is 5.32 Å². The Balaban J connectivity index is 1.29. The summed E-state index contributed by atoms with van der Waals surface area (Å²) in [5, 5.41) is 3.72. The lowest BCUT2D eigenvalue weighted by Gasteiger charge is -2.28. The van der Waals surface area contributed by atoms with Crippen molar-refractivity contribution in [1.29, 1.82) is 0 Å². The van der Waals surface area contributed by atoms with Crippen LogP contribution in [0.5, 0.6) is 0 Å². The maximum Gasteiger partial charge on any atom is 0.0152 e. The van der Waals surface area contributed by atoms with Crippen LogP contribution in [0.3, 0.4) is 0 Å². The van der Waals surface area contributed by atoms with Crippen LogP contribution in [0.25, 0.3) is 0 Å². The van der Waals surface area contributed by atoms with E-state index in [0.717, 1.165) is 29.8 Å². The Morgan fingerprint density at radius 2 is 1.65 bits per heavy atom. The number of nitrogens with one attached hydrogen (secondary N) is 1. The van der Waals surface area contributed by atoms with E-state index >= 15 is 0 Å². The van der Waals surface area contributed by atoms with Gasteiger partial charge in [-0.15, -0.1) is 0 Å². The van der Waals surface area contributed by atoms with E-state index in [-0.39, 0.29) is 0 Å². The minimum Gasteiger partial charge on any atom is -0.314 e. The maximum absolute atomic E-state index is 3.72. The molecule has 2 nitrogen and oxygen atoms in total. The minimum atomic E-state index is 0.895. The summed E-state index contributed by atoms with van der Waals surface area (Å²) in [5.41, 5.74) is 0. The van der Waals surface area contributed by atoms with Gasteiger partial charge in [0.15, 0.2) is 0 Å². The monoisotopic (exact) mass is 234 g/mol. The molecule has 1 unspecified atom stereocenters. The van der Waals surface area contributed by atoms with Crippen molar-refractivity contribution in [2.24, 2.45) is 17.8 Å². The SMILES string of the molecule is C1CN(C(C2CC2)C2CC2)CC1CNC1CC1. The zero-order chi connectivity index (χ0) is 11.2. The molecule has 3 saturated carbocycles. The Labute approximate surface area is 105 Å². The summed E-state index contributed by atoms with van der Waals surface area (Å²) in [6, 6.07) is 1.90. The summed E-state index contributed by atoms with van der Waals surface area (Å²) in [5.74, 6) is 3.14. The van der Waals surface area contributed by atoms with Gasteiger partial charge in [-0.25, -0.2) is 0 Å². The third-order valence-corrected chi connectivity index (χ3v) is 5.22. The van der Waals surface area contributed by atoms with E-state index in [1.165, 1.54) is 64.6 Å². The zero-order valence-electron chi connectivity index (χ0n) is 10.9. The molecule has 0 spiro atoms. The predicted octanol–water partition coefficient (Wildman–Crippen LogP) is 2.25. The van der Waals surface area contributed by atoms with Crippen molar-refractivity contribution in [2.75, 3.05) is 19.6 Å². The number of likely N-dealkylation sites (tertiary alicyclic amines) is 1. The summed E-state index contributed by atoms with van der Waals surface area (Å²) in [6.07, 6.45) is 10.4. The van der Waals surface area contributed by atoms with Crippen LogP contribution in [0.2, 0.25) is 0 Å². The third kappa shape index (κ3) is 2.53. The van der Waals surface area contributed by atoms with E-state index in [9.17, 15) is 0 Å². The molecule has 4 rings (SSSR count). The highest BCUT2D eigenvalue weighted by Gasteiger charge is 2.46. The molecule has 17 heavy (non-hydrogen) atoms. The molecular formula is C15H26N2. The van der Waals surface area contributed by atoms with Gasteiger partial charge in [0.05, 0.1) is 0 Å². The van der Waals surface area contributed by atoms with Crippen molar-refractivity contribution in [3.05, 3.63) is 0 Å². The molecule has 1 heterocycles. The number of hydrogen-bond acceptors (Lipinski definition) is 2. The molecule has 96 valence electrons. The minimum absolute atomic E-state index is 0.895. The molecular weight excluding hydrogens is 208 g/mol. The van der Waals surface area contributed by atoms with Crippen LogP contribution in [-0.4, -0.2) is 36.6 Å². The summed E-state index contributed by atoms with van der Waals surface area (Å²) < 4.78 is 0. The molecule has 0 bridgehead atoms. The second kappa shape index (κ2) is 4.24. The third-order valence-electron chi connectivity index (χ3n) is 5.22. The first-order valence-electron chi connectivity index (χ1n) is 7.87. The van der Waals surface area contributed by atoms with Crippen LogP contribution in [0.4, 0.5) is 0 Å². The molecule has 4 fully saturated rings. The fraction of sp³-hybridized carbons (Fsp3) is 1.00. The van der Waals surface area contributed by atoms with E-state index < -0.39 is 0 Å². The topological polar surface area (TPSA) is 15.3 Å². The van der Waals surface area contributed by atoms with Crippen molar-refractivity contribution in [1.82, 2.24) is 10.2 Å². The normalized spacial score (nSPS) is 34.8. The number of hydrogen-bond donors (Lipinski definition) is 1. The standard InChI is InChI=1S/C15H26N2/c1-2-12(1)15(13-3-4-13)17-8-7-11(10-17)9-16-14-5-6-14/h11-16H,1-10H2. The average molecular weight is 234 g/mol. The summed E-state index contributed by atoms with van der Waals surface area (Å²) in [7, 11) is 0. The van der Waals surface area contributed by atoms with E-state index in [4.69, 9.17) is 0 Å².